The number of fused-ring (bicyclic) bond motifs is 1. The Hall–Kier alpha value is -2.07. The lowest BCUT2D eigenvalue weighted by Gasteiger charge is -2.12. The highest BCUT2D eigenvalue weighted by atomic mass is 79.9. The van der Waals surface area contributed by atoms with Crippen molar-refractivity contribution in [2.75, 3.05) is 5.73 Å². The Morgan fingerprint density at radius 2 is 1.80 bits per heavy atom. The smallest absolute Gasteiger partial charge is 0.153 e. The summed E-state index contributed by atoms with van der Waals surface area (Å²) in [5, 5.41) is 0.930. The molecule has 1 aromatic heterocycles. The first kappa shape index (κ1) is 12.9. The molecular formula is C16H13BrN2O. The summed E-state index contributed by atoms with van der Waals surface area (Å²) in [5.74, 6) is 0.686. The average Bonchev–Trinajstić information content (AvgIpc) is 2.48. The second-order valence-electron chi connectivity index (χ2n) is 4.44. The quantitative estimate of drug-likeness (QED) is 0.785. The van der Waals surface area contributed by atoms with Crippen LogP contribution in [0.3, 0.4) is 0 Å². The fourth-order valence-electron chi connectivity index (χ4n) is 2.06. The van der Waals surface area contributed by atoms with Crippen LogP contribution in [0.4, 0.5) is 5.69 Å². The molecule has 2 N–H and O–H groups in total. The summed E-state index contributed by atoms with van der Waals surface area (Å²) in [6.45, 7) is 0.458. The van der Waals surface area contributed by atoms with E-state index in [4.69, 9.17) is 10.5 Å². The molecule has 3 aromatic rings. The van der Waals surface area contributed by atoms with Crippen molar-refractivity contribution in [2.45, 2.75) is 6.61 Å². The van der Waals surface area contributed by atoms with Gasteiger partial charge in [0.15, 0.2) is 5.75 Å². The topological polar surface area (TPSA) is 48.1 Å². The maximum absolute atomic E-state index is 5.99. The van der Waals surface area contributed by atoms with Crippen LogP contribution in [0.25, 0.3) is 10.9 Å². The van der Waals surface area contributed by atoms with Crippen LogP contribution in [-0.4, -0.2) is 4.98 Å². The molecule has 0 radical (unpaired) electrons. The predicted molar refractivity (Wildman–Crippen MR) is 84.6 cm³/mol. The summed E-state index contributed by atoms with van der Waals surface area (Å²) in [4.78, 5) is 4.30. The predicted octanol–water partition coefficient (Wildman–Crippen LogP) is 4.16. The van der Waals surface area contributed by atoms with Gasteiger partial charge in [0.25, 0.3) is 0 Å². The summed E-state index contributed by atoms with van der Waals surface area (Å²) in [5.41, 5.74) is 8.50. The maximum atomic E-state index is 5.99. The molecule has 0 aliphatic rings. The van der Waals surface area contributed by atoms with Gasteiger partial charge in [0, 0.05) is 15.4 Å². The summed E-state index contributed by atoms with van der Waals surface area (Å²) in [7, 11) is 0. The molecule has 3 rings (SSSR count). The van der Waals surface area contributed by atoms with Gasteiger partial charge < -0.3 is 10.5 Å². The minimum Gasteiger partial charge on any atom is -0.486 e. The molecule has 4 heteroatoms. The van der Waals surface area contributed by atoms with Crippen LogP contribution in [0.2, 0.25) is 0 Å². The van der Waals surface area contributed by atoms with Gasteiger partial charge in [0.2, 0.25) is 0 Å². The highest BCUT2D eigenvalue weighted by Gasteiger charge is 2.08. The van der Waals surface area contributed by atoms with Crippen molar-refractivity contribution in [3.8, 4) is 5.75 Å². The molecule has 0 spiro atoms. The number of aromatic nitrogens is 1. The van der Waals surface area contributed by atoms with Gasteiger partial charge in [-0.2, -0.15) is 0 Å². The molecule has 0 amide bonds. The fraction of sp³-hybridized carbons (Fsp3) is 0.0625. The first-order chi connectivity index (χ1) is 9.75. The Kier molecular flexibility index (Phi) is 3.56. The van der Waals surface area contributed by atoms with Gasteiger partial charge in [-0.1, -0.05) is 46.3 Å². The molecule has 0 aliphatic heterocycles. The largest absolute Gasteiger partial charge is 0.486 e. The van der Waals surface area contributed by atoms with Crippen molar-refractivity contribution in [3.63, 3.8) is 0 Å². The van der Waals surface area contributed by atoms with E-state index in [1.54, 1.807) is 6.20 Å². The number of anilines is 1. The van der Waals surface area contributed by atoms with E-state index in [1.165, 1.54) is 0 Å². The highest BCUT2D eigenvalue weighted by Crippen LogP contribution is 2.31. The van der Waals surface area contributed by atoms with E-state index in [0.29, 0.717) is 18.0 Å². The number of hydrogen-bond donors (Lipinski definition) is 1. The molecule has 0 saturated carbocycles. The van der Waals surface area contributed by atoms with Gasteiger partial charge in [0.05, 0.1) is 17.4 Å². The van der Waals surface area contributed by atoms with Gasteiger partial charge in [-0.05, 0) is 18.2 Å². The number of halogens is 1. The average molecular weight is 329 g/mol. The summed E-state index contributed by atoms with van der Waals surface area (Å²) < 4.78 is 6.95. The lowest BCUT2D eigenvalue weighted by atomic mass is 10.2. The lowest BCUT2D eigenvalue weighted by Crippen LogP contribution is -2.01. The minimum absolute atomic E-state index is 0.458. The van der Waals surface area contributed by atoms with E-state index in [-0.39, 0.29) is 0 Å². The molecular weight excluding hydrogens is 316 g/mol. The SMILES string of the molecule is Nc1cnc2ccccc2c1OCc1ccccc1Br. The Morgan fingerprint density at radius 3 is 2.65 bits per heavy atom. The second kappa shape index (κ2) is 5.51. The van der Waals surface area contributed by atoms with Gasteiger partial charge >= 0.3 is 0 Å². The number of para-hydroxylation sites is 1. The van der Waals surface area contributed by atoms with Crippen LogP contribution in [-0.2, 0) is 6.61 Å². The van der Waals surface area contributed by atoms with Gasteiger partial charge in [-0.15, -0.1) is 0 Å². The van der Waals surface area contributed by atoms with Crippen LogP contribution < -0.4 is 10.5 Å². The minimum atomic E-state index is 0.458. The lowest BCUT2D eigenvalue weighted by molar-refractivity contribution is 0.311. The van der Waals surface area contributed by atoms with E-state index >= 15 is 0 Å². The summed E-state index contributed by atoms with van der Waals surface area (Å²) >= 11 is 3.51. The molecule has 2 aromatic carbocycles. The molecule has 0 saturated heterocycles. The molecule has 0 unspecified atom stereocenters. The van der Waals surface area contributed by atoms with Crippen LogP contribution in [0.1, 0.15) is 5.56 Å². The first-order valence-corrected chi connectivity index (χ1v) is 7.04. The van der Waals surface area contributed by atoms with Crippen molar-refractivity contribution in [1.29, 1.82) is 0 Å². The van der Waals surface area contributed by atoms with E-state index in [1.807, 2.05) is 48.5 Å². The zero-order valence-electron chi connectivity index (χ0n) is 10.7. The Bertz CT molecular complexity index is 758. The first-order valence-electron chi connectivity index (χ1n) is 6.25. The maximum Gasteiger partial charge on any atom is 0.153 e. The van der Waals surface area contributed by atoms with Gasteiger partial charge in [-0.25, -0.2) is 0 Å². The van der Waals surface area contributed by atoms with E-state index in [2.05, 4.69) is 20.9 Å². The van der Waals surface area contributed by atoms with E-state index in [9.17, 15) is 0 Å². The Balaban J connectivity index is 1.95. The molecule has 100 valence electrons. The molecule has 1 heterocycles. The second-order valence-corrected chi connectivity index (χ2v) is 5.29. The zero-order valence-corrected chi connectivity index (χ0v) is 12.3. The van der Waals surface area contributed by atoms with Crippen molar-refractivity contribution < 1.29 is 4.74 Å². The molecule has 3 nitrogen and oxygen atoms in total. The van der Waals surface area contributed by atoms with Crippen LogP contribution in [0.5, 0.6) is 5.75 Å². The van der Waals surface area contributed by atoms with Crippen molar-refractivity contribution in [2.24, 2.45) is 0 Å². The third kappa shape index (κ3) is 2.47. The zero-order chi connectivity index (χ0) is 13.9. The van der Waals surface area contributed by atoms with Crippen molar-refractivity contribution in [1.82, 2.24) is 4.98 Å². The number of nitrogens with two attached hydrogens (primary N) is 1. The van der Waals surface area contributed by atoms with Crippen molar-refractivity contribution in [3.05, 3.63) is 64.8 Å². The number of benzene rings is 2. The molecule has 0 fully saturated rings. The van der Waals surface area contributed by atoms with E-state index < -0.39 is 0 Å². The normalized spacial score (nSPS) is 10.7. The molecule has 0 aliphatic carbocycles. The number of hydrogen-bond acceptors (Lipinski definition) is 3. The fourth-order valence-corrected chi connectivity index (χ4v) is 2.46. The third-order valence-corrected chi connectivity index (χ3v) is 3.86. The summed E-state index contributed by atoms with van der Waals surface area (Å²) in [6.07, 6.45) is 1.64. The standard InChI is InChI=1S/C16H13BrN2O/c17-13-7-3-1-5-11(13)10-20-16-12-6-2-4-8-15(12)19-9-14(16)18/h1-9H,10,18H2. The van der Waals surface area contributed by atoms with Gasteiger partial charge in [0.1, 0.15) is 6.61 Å². The number of ether oxygens (including phenoxy) is 1. The summed E-state index contributed by atoms with van der Waals surface area (Å²) in [6, 6.07) is 15.8. The monoisotopic (exact) mass is 328 g/mol. The van der Waals surface area contributed by atoms with Crippen LogP contribution in [0.15, 0.2) is 59.2 Å². The number of nitrogen functional groups attached to an aromatic ring is 1. The highest BCUT2D eigenvalue weighted by molar-refractivity contribution is 9.10. The van der Waals surface area contributed by atoms with Crippen LogP contribution in [0, 0.1) is 0 Å². The van der Waals surface area contributed by atoms with Gasteiger partial charge in [-0.3, -0.25) is 4.98 Å². The Morgan fingerprint density at radius 1 is 1.05 bits per heavy atom. The number of pyridine rings is 1. The third-order valence-electron chi connectivity index (χ3n) is 3.08. The molecule has 0 bridgehead atoms. The van der Waals surface area contributed by atoms with Crippen molar-refractivity contribution >= 4 is 32.5 Å². The van der Waals surface area contributed by atoms with E-state index in [0.717, 1.165) is 20.9 Å². The Labute approximate surface area is 125 Å². The molecule has 0 atom stereocenters. The number of rotatable bonds is 3. The molecule has 20 heavy (non-hydrogen) atoms. The van der Waals surface area contributed by atoms with Crippen LogP contribution >= 0.6 is 15.9 Å². The number of nitrogens with zero attached hydrogens (tertiary/aromatic N) is 1.